The highest BCUT2D eigenvalue weighted by Gasteiger charge is 2.17. The summed E-state index contributed by atoms with van der Waals surface area (Å²) in [5.41, 5.74) is 0.829. The molecule has 0 amide bonds. The molecule has 4 aromatic rings. The highest BCUT2D eigenvalue weighted by Crippen LogP contribution is 2.44. The van der Waals surface area contributed by atoms with Crippen molar-refractivity contribution in [2.75, 3.05) is 21.3 Å². The Labute approximate surface area is 137 Å². The van der Waals surface area contributed by atoms with Crippen molar-refractivity contribution in [3.63, 3.8) is 0 Å². The Morgan fingerprint density at radius 3 is 2.35 bits per heavy atom. The number of fused-ring (bicyclic) bond motifs is 5. The van der Waals surface area contributed by atoms with Crippen molar-refractivity contribution in [3.8, 4) is 17.4 Å². The van der Waals surface area contributed by atoms with E-state index in [1.54, 1.807) is 32.7 Å². The summed E-state index contributed by atoms with van der Waals surface area (Å²) in [5, 5.41) is 3.38. The lowest BCUT2D eigenvalue weighted by Gasteiger charge is -2.11. The average molecular weight is 325 g/mol. The zero-order chi connectivity index (χ0) is 16.0. The molecule has 0 spiro atoms. The Morgan fingerprint density at radius 2 is 1.61 bits per heavy atom. The van der Waals surface area contributed by atoms with Gasteiger partial charge >= 0.3 is 0 Å². The minimum absolute atomic E-state index is 0.640. The van der Waals surface area contributed by atoms with Gasteiger partial charge in [-0.1, -0.05) is 18.2 Å². The van der Waals surface area contributed by atoms with Crippen LogP contribution in [0.4, 0.5) is 0 Å². The van der Waals surface area contributed by atoms with Crippen molar-refractivity contribution < 1.29 is 14.2 Å². The fourth-order valence-electron chi connectivity index (χ4n) is 2.92. The zero-order valence-electron chi connectivity index (χ0n) is 13.0. The first-order valence-electron chi connectivity index (χ1n) is 7.17. The summed E-state index contributed by atoms with van der Waals surface area (Å²) in [5.74, 6) is 2.00. The van der Waals surface area contributed by atoms with Gasteiger partial charge in [0.1, 0.15) is 0 Å². The molecule has 4 rings (SSSR count). The lowest BCUT2D eigenvalue weighted by Crippen LogP contribution is -1.93. The fraction of sp³-hybridized carbons (Fsp3) is 0.167. The van der Waals surface area contributed by atoms with Crippen LogP contribution in [0.3, 0.4) is 0 Å². The number of ether oxygens (including phenoxy) is 3. The number of benzene rings is 2. The topological polar surface area (TPSA) is 40.6 Å². The largest absolute Gasteiger partial charge is 0.493 e. The van der Waals surface area contributed by atoms with Crippen LogP contribution in [0, 0.1) is 0 Å². The molecule has 5 heteroatoms. The molecule has 116 valence electrons. The molecule has 0 aliphatic carbocycles. The van der Waals surface area contributed by atoms with E-state index in [1.807, 2.05) is 24.3 Å². The van der Waals surface area contributed by atoms with E-state index in [0.717, 1.165) is 21.0 Å². The maximum absolute atomic E-state index is 5.52. The summed E-state index contributed by atoms with van der Waals surface area (Å²) in [4.78, 5) is 4.65. The molecule has 0 saturated carbocycles. The van der Waals surface area contributed by atoms with Crippen molar-refractivity contribution >= 4 is 42.4 Å². The highest BCUT2D eigenvalue weighted by molar-refractivity contribution is 7.26. The predicted octanol–water partition coefficient (Wildman–Crippen LogP) is 4.63. The van der Waals surface area contributed by atoms with Gasteiger partial charge < -0.3 is 14.2 Å². The second-order valence-electron chi connectivity index (χ2n) is 5.15. The first-order valence-corrected chi connectivity index (χ1v) is 7.99. The third-order valence-electron chi connectivity index (χ3n) is 3.98. The minimum atomic E-state index is 0.640. The van der Waals surface area contributed by atoms with Crippen LogP contribution < -0.4 is 14.2 Å². The van der Waals surface area contributed by atoms with Crippen LogP contribution in [-0.4, -0.2) is 26.3 Å². The van der Waals surface area contributed by atoms with E-state index >= 15 is 0 Å². The molecule has 0 atom stereocenters. The van der Waals surface area contributed by atoms with Crippen LogP contribution in [-0.2, 0) is 0 Å². The van der Waals surface area contributed by atoms with Crippen molar-refractivity contribution in [2.24, 2.45) is 0 Å². The van der Waals surface area contributed by atoms with Gasteiger partial charge in [0.25, 0.3) is 0 Å². The van der Waals surface area contributed by atoms with Gasteiger partial charge in [-0.05, 0) is 12.1 Å². The number of hydrogen-bond acceptors (Lipinski definition) is 5. The van der Waals surface area contributed by atoms with E-state index in [9.17, 15) is 0 Å². The number of aromatic nitrogens is 1. The van der Waals surface area contributed by atoms with Crippen molar-refractivity contribution in [1.29, 1.82) is 0 Å². The molecule has 0 aliphatic heterocycles. The molecule has 2 aromatic heterocycles. The molecule has 2 aromatic carbocycles. The smallest absolute Gasteiger partial charge is 0.232 e. The van der Waals surface area contributed by atoms with Crippen LogP contribution in [0.5, 0.6) is 17.4 Å². The molecule has 0 fully saturated rings. The number of rotatable bonds is 3. The first-order chi connectivity index (χ1) is 11.3. The van der Waals surface area contributed by atoms with Gasteiger partial charge in [0.2, 0.25) is 5.88 Å². The number of hydrogen-bond donors (Lipinski definition) is 0. The van der Waals surface area contributed by atoms with Gasteiger partial charge in [0.15, 0.2) is 11.5 Å². The molecule has 23 heavy (non-hydrogen) atoms. The monoisotopic (exact) mass is 325 g/mol. The SMILES string of the molecule is COc1cc2nc(OC)c3sc4ccccc4c3c2cc1OC. The second kappa shape index (κ2) is 5.28. The van der Waals surface area contributed by atoms with E-state index in [1.165, 1.54) is 10.1 Å². The van der Waals surface area contributed by atoms with E-state index in [4.69, 9.17) is 14.2 Å². The summed E-state index contributed by atoms with van der Waals surface area (Å²) in [6.45, 7) is 0. The molecule has 2 heterocycles. The Kier molecular flexibility index (Phi) is 3.23. The van der Waals surface area contributed by atoms with Gasteiger partial charge in [-0.3, -0.25) is 0 Å². The van der Waals surface area contributed by atoms with E-state index < -0.39 is 0 Å². The van der Waals surface area contributed by atoms with Crippen molar-refractivity contribution in [1.82, 2.24) is 4.98 Å². The molecular weight excluding hydrogens is 310 g/mol. The van der Waals surface area contributed by atoms with Gasteiger partial charge in [-0.15, -0.1) is 11.3 Å². The number of thiophene rings is 1. The lowest BCUT2D eigenvalue weighted by atomic mass is 10.1. The first kappa shape index (κ1) is 14.1. The van der Waals surface area contributed by atoms with Crippen LogP contribution in [0.15, 0.2) is 36.4 Å². The van der Waals surface area contributed by atoms with Crippen LogP contribution in [0.2, 0.25) is 0 Å². The summed E-state index contributed by atoms with van der Waals surface area (Å²) >= 11 is 1.69. The molecule has 0 saturated heterocycles. The standard InChI is InChI=1S/C18H15NO3S/c1-20-13-8-11-12(9-14(13)21-2)19-18(22-3)17-16(11)10-6-4-5-7-15(10)23-17/h4-9H,1-3H3. The fourth-order valence-corrected chi connectivity index (χ4v) is 4.11. The maximum Gasteiger partial charge on any atom is 0.232 e. The van der Waals surface area contributed by atoms with Gasteiger partial charge in [-0.2, -0.15) is 0 Å². The summed E-state index contributed by atoms with van der Waals surface area (Å²) < 4.78 is 18.6. The zero-order valence-corrected chi connectivity index (χ0v) is 13.9. The van der Waals surface area contributed by atoms with Gasteiger partial charge in [0, 0.05) is 26.9 Å². The average Bonchev–Trinajstić information content (AvgIpc) is 2.99. The Hall–Kier alpha value is -2.53. The molecule has 0 aliphatic rings. The molecule has 0 radical (unpaired) electrons. The maximum atomic E-state index is 5.52. The number of nitrogens with zero attached hydrogens (tertiary/aromatic N) is 1. The van der Waals surface area contributed by atoms with E-state index in [2.05, 4.69) is 17.1 Å². The van der Waals surface area contributed by atoms with Crippen LogP contribution in [0.25, 0.3) is 31.1 Å². The number of methoxy groups -OCH3 is 3. The van der Waals surface area contributed by atoms with Crippen molar-refractivity contribution in [2.45, 2.75) is 0 Å². The molecule has 4 nitrogen and oxygen atoms in total. The Balaban J connectivity index is 2.25. The number of pyridine rings is 1. The summed E-state index contributed by atoms with van der Waals surface area (Å²) in [6, 6.07) is 12.2. The third kappa shape index (κ3) is 2.00. The van der Waals surface area contributed by atoms with Gasteiger partial charge in [0.05, 0.1) is 31.5 Å². The second-order valence-corrected chi connectivity index (χ2v) is 6.20. The Bertz CT molecular complexity index is 1040. The molecule has 0 unspecified atom stereocenters. The summed E-state index contributed by atoms with van der Waals surface area (Å²) in [6.07, 6.45) is 0. The Morgan fingerprint density at radius 1 is 0.870 bits per heavy atom. The van der Waals surface area contributed by atoms with Gasteiger partial charge in [-0.25, -0.2) is 4.98 Å². The van der Waals surface area contributed by atoms with E-state index in [-0.39, 0.29) is 0 Å². The van der Waals surface area contributed by atoms with E-state index in [0.29, 0.717) is 17.4 Å². The predicted molar refractivity (Wildman–Crippen MR) is 94.3 cm³/mol. The molecule has 0 bridgehead atoms. The normalized spacial score (nSPS) is 11.3. The molecular formula is C18H15NO3S. The van der Waals surface area contributed by atoms with Crippen molar-refractivity contribution in [3.05, 3.63) is 36.4 Å². The molecule has 0 N–H and O–H groups in total. The quantitative estimate of drug-likeness (QED) is 0.551. The van der Waals surface area contributed by atoms with Crippen LogP contribution in [0.1, 0.15) is 0 Å². The lowest BCUT2D eigenvalue weighted by molar-refractivity contribution is 0.355. The minimum Gasteiger partial charge on any atom is -0.493 e. The summed E-state index contributed by atoms with van der Waals surface area (Å²) in [7, 11) is 4.92. The third-order valence-corrected chi connectivity index (χ3v) is 5.14. The highest BCUT2D eigenvalue weighted by atomic mass is 32.1. The van der Waals surface area contributed by atoms with Crippen LogP contribution >= 0.6 is 11.3 Å².